The largest absolute Gasteiger partial charge is 0.370 e. The number of piperidine rings is 1. The number of rotatable bonds is 4. The summed E-state index contributed by atoms with van der Waals surface area (Å²) in [5.74, 6) is 0.857. The fraction of sp³-hybridized carbons (Fsp3) is 0.538. The maximum absolute atomic E-state index is 11.8. The van der Waals surface area contributed by atoms with E-state index in [2.05, 4.69) is 15.3 Å². The van der Waals surface area contributed by atoms with Gasteiger partial charge in [0.2, 0.25) is 10.0 Å². The molecule has 1 fully saturated rings. The molecule has 0 amide bonds. The van der Waals surface area contributed by atoms with E-state index in [4.69, 9.17) is 5.73 Å². The number of hydrogen-bond acceptors (Lipinski definition) is 4. The van der Waals surface area contributed by atoms with E-state index < -0.39 is 10.0 Å². The molecule has 2 rings (SSSR count). The van der Waals surface area contributed by atoms with Gasteiger partial charge < -0.3 is 11.1 Å². The highest BCUT2D eigenvalue weighted by Crippen LogP contribution is 2.20. The Morgan fingerprint density at radius 1 is 1.50 bits per heavy atom. The fourth-order valence-corrected chi connectivity index (χ4v) is 3.58. The maximum Gasteiger partial charge on any atom is 0.211 e. The number of anilines is 1. The Hall–Kier alpha value is -0.940. The molecule has 0 bridgehead atoms. The molecule has 2 heterocycles. The summed E-state index contributed by atoms with van der Waals surface area (Å²) in [6.07, 6.45) is 5.62. The third-order valence-corrected chi connectivity index (χ3v) is 4.73. The van der Waals surface area contributed by atoms with Crippen LogP contribution in [0.2, 0.25) is 0 Å². The van der Waals surface area contributed by atoms with Gasteiger partial charge >= 0.3 is 0 Å². The fourth-order valence-electron chi connectivity index (χ4n) is 2.40. The molecule has 3 N–H and O–H groups in total. The number of nitrogens with two attached hydrogens (primary N) is 1. The molecule has 1 unspecified atom stereocenters. The number of sulfonamides is 1. The van der Waals surface area contributed by atoms with Gasteiger partial charge in [-0.05, 0) is 25.0 Å². The lowest BCUT2D eigenvalue weighted by molar-refractivity contribution is 0.259. The number of halogens is 1. The van der Waals surface area contributed by atoms with Gasteiger partial charge in [0, 0.05) is 18.8 Å². The van der Waals surface area contributed by atoms with Crippen LogP contribution < -0.4 is 11.1 Å². The first kappa shape index (κ1) is 19.1. The monoisotopic (exact) mass is 439 g/mol. The SMILES string of the molecule is CS(=O)(=O)N1CCCCC1CN=C(N)Nc1ccccn1.I. The van der Waals surface area contributed by atoms with Gasteiger partial charge in [-0.25, -0.2) is 13.4 Å². The minimum atomic E-state index is -3.19. The summed E-state index contributed by atoms with van der Waals surface area (Å²) < 4.78 is 25.0. The van der Waals surface area contributed by atoms with Crippen molar-refractivity contribution in [3.63, 3.8) is 0 Å². The highest BCUT2D eigenvalue weighted by Gasteiger charge is 2.28. The van der Waals surface area contributed by atoms with Gasteiger partial charge in [-0.2, -0.15) is 4.31 Å². The summed E-state index contributed by atoms with van der Waals surface area (Å²) in [4.78, 5) is 8.33. The Kier molecular flexibility index (Phi) is 7.49. The molecule has 7 nitrogen and oxygen atoms in total. The van der Waals surface area contributed by atoms with Gasteiger partial charge in [-0.3, -0.25) is 4.99 Å². The molecule has 124 valence electrons. The van der Waals surface area contributed by atoms with Crippen LogP contribution in [0.5, 0.6) is 0 Å². The highest BCUT2D eigenvalue weighted by molar-refractivity contribution is 14.0. The second-order valence-electron chi connectivity index (χ2n) is 5.09. The molecule has 0 saturated carbocycles. The molecule has 22 heavy (non-hydrogen) atoms. The smallest absolute Gasteiger partial charge is 0.211 e. The van der Waals surface area contributed by atoms with Gasteiger partial charge in [0.25, 0.3) is 0 Å². The van der Waals surface area contributed by atoms with E-state index in [9.17, 15) is 8.42 Å². The standard InChI is InChI=1S/C13H21N5O2S.HI/c1-21(19,20)18-9-5-3-6-11(18)10-16-13(14)17-12-7-2-4-8-15-12;/h2,4,7-8,11H,3,5-6,9-10H2,1H3,(H3,14,15,16,17);1H. The van der Waals surface area contributed by atoms with Gasteiger partial charge in [-0.1, -0.05) is 12.5 Å². The Balaban J connectivity index is 0.00000242. The van der Waals surface area contributed by atoms with Crippen molar-refractivity contribution in [3.05, 3.63) is 24.4 Å². The number of hydrogen-bond donors (Lipinski definition) is 2. The van der Waals surface area contributed by atoms with Gasteiger partial charge in [0.15, 0.2) is 5.96 Å². The molecule has 0 radical (unpaired) electrons. The third-order valence-electron chi connectivity index (χ3n) is 3.39. The average Bonchev–Trinajstić information content (AvgIpc) is 2.45. The lowest BCUT2D eigenvalue weighted by Crippen LogP contribution is -2.45. The quantitative estimate of drug-likeness (QED) is 0.418. The van der Waals surface area contributed by atoms with Crippen molar-refractivity contribution in [2.45, 2.75) is 25.3 Å². The summed E-state index contributed by atoms with van der Waals surface area (Å²) in [6, 6.07) is 5.32. The van der Waals surface area contributed by atoms with Crippen molar-refractivity contribution in [1.29, 1.82) is 0 Å². The molecule has 0 aliphatic carbocycles. The lowest BCUT2D eigenvalue weighted by atomic mass is 10.1. The number of pyridine rings is 1. The molecule has 1 aliphatic heterocycles. The van der Waals surface area contributed by atoms with E-state index >= 15 is 0 Å². The van der Waals surface area contributed by atoms with Crippen LogP contribution in [0.4, 0.5) is 5.82 Å². The van der Waals surface area contributed by atoms with Gasteiger partial charge in [0.05, 0.1) is 12.8 Å². The molecule has 1 saturated heterocycles. The first-order valence-corrected chi connectivity index (χ1v) is 8.76. The predicted molar refractivity (Wildman–Crippen MR) is 99.0 cm³/mol. The molecule has 1 aromatic rings. The summed E-state index contributed by atoms with van der Waals surface area (Å²) >= 11 is 0. The Morgan fingerprint density at radius 2 is 2.27 bits per heavy atom. The number of nitrogens with zero attached hydrogens (tertiary/aromatic N) is 3. The Bertz CT molecular complexity index is 594. The van der Waals surface area contributed by atoms with Gasteiger partial charge in [-0.15, -0.1) is 24.0 Å². The first-order valence-electron chi connectivity index (χ1n) is 6.91. The summed E-state index contributed by atoms with van der Waals surface area (Å²) in [6.45, 7) is 0.922. The number of nitrogens with one attached hydrogen (secondary N) is 1. The van der Waals surface area contributed by atoms with Crippen molar-refractivity contribution >= 4 is 45.8 Å². The molecule has 1 aromatic heterocycles. The zero-order chi connectivity index (χ0) is 15.3. The van der Waals surface area contributed by atoms with Crippen LogP contribution in [0.3, 0.4) is 0 Å². The second-order valence-corrected chi connectivity index (χ2v) is 7.02. The summed E-state index contributed by atoms with van der Waals surface area (Å²) in [7, 11) is -3.19. The summed E-state index contributed by atoms with van der Waals surface area (Å²) in [5.41, 5.74) is 5.81. The topological polar surface area (TPSA) is 101 Å². The van der Waals surface area contributed by atoms with Crippen LogP contribution in [0.25, 0.3) is 0 Å². The first-order chi connectivity index (χ1) is 9.97. The van der Waals surface area contributed by atoms with Crippen LogP contribution >= 0.6 is 24.0 Å². The normalized spacial score (nSPS) is 20.2. The number of guanidine groups is 1. The molecule has 1 aliphatic rings. The Labute approximate surface area is 148 Å². The zero-order valence-electron chi connectivity index (χ0n) is 12.5. The van der Waals surface area contributed by atoms with E-state index in [-0.39, 0.29) is 36.0 Å². The lowest BCUT2D eigenvalue weighted by Gasteiger charge is -2.32. The molecular weight excluding hydrogens is 417 g/mol. The molecule has 9 heteroatoms. The number of aromatic nitrogens is 1. The van der Waals surface area contributed by atoms with Crippen molar-refractivity contribution in [2.75, 3.05) is 24.7 Å². The van der Waals surface area contributed by atoms with Crippen LogP contribution in [0.1, 0.15) is 19.3 Å². The van der Waals surface area contributed by atoms with E-state index in [1.54, 1.807) is 12.3 Å². The van der Waals surface area contributed by atoms with Crippen LogP contribution in [0.15, 0.2) is 29.4 Å². The van der Waals surface area contributed by atoms with Crippen LogP contribution in [-0.2, 0) is 10.0 Å². The zero-order valence-corrected chi connectivity index (χ0v) is 15.6. The Morgan fingerprint density at radius 3 is 2.91 bits per heavy atom. The van der Waals surface area contributed by atoms with Gasteiger partial charge in [0.1, 0.15) is 5.82 Å². The molecule has 0 spiro atoms. The van der Waals surface area contributed by atoms with Crippen molar-refractivity contribution < 1.29 is 8.42 Å². The summed E-state index contributed by atoms with van der Waals surface area (Å²) in [5, 5.41) is 2.88. The average molecular weight is 439 g/mol. The van der Waals surface area contributed by atoms with Crippen LogP contribution in [0, 0.1) is 0 Å². The minimum absolute atomic E-state index is 0. The minimum Gasteiger partial charge on any atom is -0.370 e. The van der Waals surface area contributed by atoms with Crippen molar-refractivity contribution in [3.8, 4) is 0 Å². The molecule has 1 atom stereocenters. The van der Waals surface area contributed by atoms with E-state index in [1.807, 2.05) is 12.1 Å². The second kappa shape index (κ2) is 8.63. The van der Waals surface area contributed by atoms with E-state index in [1.165, 1.54) is 10.6 Å². The number of aliphatic imine (C=N–C) groups is 1. The van der Waals surface area contributed by atoms with Crippen molar-refractivity contribution in [2.24, 2.45) is 10.7 Å². The maximum atomic E-state index is 11.8. The van der Waals surface area contributed by atoms with Crippen LogP contribution in [-0.4, -0.2) is 49.1 Å². The van der Waals surface area contributed by atoms with E-state index in [0.717, 1.165) is 19.3 Å². The predicted octanol–water partition coefficient (Wildman–Crippen LogP) is 1.24. The van der Waals surface area contributed by atoms with E-state index in [0.29, 0.717) is 18.9 Å². The highest BCUT2D eigenvalue weighted by atomic mass is 127. The van der Waals surface area contributed by atoms with Crippen molar-refractivity contribution in [1.82, 2.24) is 9.29 Å². The third kappa shape index (κ3) is 5.69. The molecule has 0 aromatic carbocycles. The molecular formula is C13H22IN5O2S.